The predicted molar refractivity (Wildman–Crippen MR) is 85.3 cm³/mol. The van der Waals surface area contributed by atoms with Crippen LogP contribution < -0.4 is 10.1 Å². The molecule has 22 heavy (non-hydrogen) atoms. The lowest BCUT2D eigenvalue weighted by Gasteiger charge is -2.04. The van der Waals surface area contributed by atoms with Crippen molar-refractivity contribution in [1.29, 1.82) is 0 Å². The minimum absolute atomic E-state index is 0.0534. The van der Waals surface area contributed by atoms with E-state index in [1.807, 2.05) is 12.3 Å². The number of methoxy groups -OCH3 is 1. The van der Waals surface area contributed by atoms with E-state index >= 15 is 0 Å². The van der Waals surface area contributed by atoms with E-state index in [1.165, 1.54) is 0 Å². The molecule has 0 aliphatic heterocycles. The van der Waals surface area contributed by atoms with Crippen LogP contribution in [0.3, 0.4) is 0 Å². The van der Waals surface area contributed by atoms with Crippen molar-refractivity contribution < 1.29 is 14.3 Å². The summed E-state index contributed by atoms with van der Waals surface area (Å²) >= 11 is 1.55. The molecule has 6 heteroatoms. The molecule has 1 aromatic carbocycles. The Hall–Kier alpha value is -2.21. The van der Waals surface area contributed by atoms with Crippen LogP contribution in [0.4, 0.5) is 0 Å². The lowest BCUT2D eigenvalue weighted by atomic mass is 10.1. The lowest BCUT2D eigenvalue weighted by molar-refractivity contribution is -0.121. The van der Waals surface area contributed by atoms with Gasteiger partial charge in [0.15, 0.2) is 5.78 Å². The molecular weight excluding hydrogens is 300 g/mol. The monoisotopic (exact) mass is 318 g/mol. The van der Waals surface area contributed by atoms with E-state index in [9.17, 15) is 9.59 Å². The van der Waals surface area contributed by atoms with Crippen LogP contribution in [0.15, 0.2) is 29.6 Å². The largest absolute Gasteiger partial charge is 0.497 e. The van der Waals surface area contributed by atoms with Gasteiger partial charge in [-0.1, -0.05) is 0 Å². The Kier molecular flexibility index (Phi) is 5.66. The summed E-state index contributed by atoms with van der Waals surface area (Å²) in [5, 5.41) is 5.66. The van der Waals surface area contributed by atoms with Gasteiger partial charge in [0.05, 0.1) is 24.4 Å². The molecule has 2 aromatic rings. The highest BCUT2D eigenvalue weighted by molar-refractivity contribution is 7.09. The molecule has 116 valence electrons. The first-order chi connectivity index (χ1) is 10.6. The SMILES string of the molecule is COc1ccc(C(=O)CCC(=O)NCc2csc(C)n2)cc1. The summed E-state index contributed by atoms with van der Waals surface area (Å²) in [5.74, 6) is 0.502. The Bertz CT molecular complexity index is 650. The van der Waals surface area contributed by atoms with Crippen LogP contribution in [-0.2, 0) is 11.3 Å². The van der Waals surface area contributed by atoms with E-state index in [0.717, 1.165) is 10.7 Å². The average Bonchev–Trinajstić information content (AvgIpc) is 2.96. The van der Waals surface area contributed by atoms with E-state index < -0.39 is 0 Å². The number of rotatable bonds is 7. The van der Waals surface area contributed by atoms with Crippen molar-refractivity contribution >= 4 is 23.0 Å². The minimum atomic E-state index is -0.146. The molecule has 1 aromatic heterocycles. The number of aromatic nitrogens is 1. The van der Waals surface area contributed by atoms with Gasteiger partial charge < -0.3 is 10.1 Å². The van der Waals surface area contributed by atoms with E-state index in [4.69, 9.17) is 4.74 Å². The molecule has 0 aliphatic carbocycles. The van der Waals surface area contributed by atoms with Gasteiger partial charge in [-0.3, -0.25) is 9.59 Å². The second-order valence-corrected chi connectivity index (χ2v) is 5.85. The lowest BCUT2D eigenvalue weighted by Crippen LogP contribution is -2.23. The second-order valence-electron chi connectivity index (χ2n) is 4.79. The maximum Gasteiger partial charge on any atom is 0.220 e. The summed E-state index contributed by atoms with van der Waals surface area (Å²) in [4.78, 5) is 28.0. The molecule has 2 rings (SSSR count). The van der Waals surface area contributed by atoms with Crippen molar-refractivity contribution in [2.75, 3.05) is 7.11 Å². The Labute approximate surface area is 133 Å². The van der Waals surface area contributed by atoms with Gasteiger partial charge in [-0.05, 0) is 31.2 Å². The summed E-state index contributed by atoms with van der Waals surface area (Å²) in [6, 6.07) is 6.88. The Morgan fingerprint density at radius 3 is 2.55 bits per heavy atom. The number of hydrogen-bond acceptors (Lipinski definition) is 5. The number of carbonyl (C=O) groups is 2. The van der Waals surface area contributed by atoms with Gasteiger partial charge in [0.1, 0.15) is 5.75 Å². The van der Waals surface area contributed by atoms with Crippen molar-refractivity contribution in [1.82, 2.24) is 10.3 Å². The van der Waals surface area contributed by atoms with Crippen LogP contribution in [-0.4, -0.2) is 23.8 Å². The average molecular weight is 318 g/mol. The Morgan fingerprint density at radius 1 is 1.23 bits per heavy atom. The molecule has 0 saturated carbocycles. The van der Waals surface area contributed by atoms with Crippen LogP contribution in [0.2, 0.25) is 0 Å². The number of carbonyl (C=O) groups excluding carboxylic acids is 2. The summed E-state index contributed by atoms with van der Waals surface area (Å²) in [6.07, 6.45) is 0.363. The summed E-state index contributed by atoms with van der Waals surface area (Å²) < 4.78 is 5.04. The predicted octanol–water partition coefficient (Wildman–Crippen LogP) is 2.74. The number of nitrogens with zero attached hydrogens (tertiary/aromatic N) is 1. The zero-order chi connectivity index (χ0) is 15.9. The van der Waals surface area contributed by atoms with Crippen LogP contribution >= 0.6 is 11.3 Å². The summed E-state index contributed by atoms with van der Waals surface area (Å²) in [7, 11) is 1.57. The second kappa shape index (κ2) is 7.70. The molecular formula is C16H18N2O3S. The third-order valence-electron chi connectivity index (χ3n) is 3.12. The number of amides is 1. The van der Waals surface area contributed by atoms with Crippen molar-refractivity contribution in [3.63, 3.8) is 0 Å². The molecule has 0 atom stereocenters. The number of benzene rings is 1. The van der Waals surface area contributed by atoms with Gasteiger partial charge in [0, 0.05) is 23.8 Å². The number of ketones is 1. The zero-order valence-corrected chi connectivity index (χ0v) is 13.4. The molecule has 0 saturated heterocycles. The Balaban J connectivity index is 1.76. The number of ether oxygens (including phenoxy) is 1. The van der Waals surface area contributed by atoms with Crippen LogP contribution in [0.1, 0.15) is 33.9 Å². The van der Waals surface area contributed by atoms with Gasteiger partial charge in [-0.15, -0.1) is 11.3 Å². The zero-order valence-electron chi connectivity index (χ0n) is 12.6. The first-order valence-electron chi connectivity index (χ1n) is 6.93. The fourth-order valence-electron chi connectivity index (χ4n) is 1.92. The highest BCUT2D eigenvalue weighted by Crippen LogP contribution is 2.13. The number of thiazole rings is 1. The number of aryl methyl sites for hydroxylation is 1. The van der Waals surface area contributed by atoms with Crippen molar-refractivity contribution in [2.24, 2.45) is 0 Å². The molecule has 1 heterocycles. The molecule has 0 spiro atoms. The normalized spacial score (nSPS) is 10.3. The van der Waals surface area contributed by atoms with Gasteiger partial charge in [-0.25, -0.2) is 4.98 Å². The Morgan fingerprint density at radius 2 is 1.95 bits per heavy atom. The van der Waals surface area contributed by atoms with Crippen LogP contribution in [0.25, 0.3) is 0 Å². The van der Waals surface area contributed by atoms with E-state index in [0.29, 0.717) is 17.9 Å². The maximum absolute atomic E-state index is 12.0. The number of nitrogens with one attached hydrogen (secondary N) is 1. The summed E-state index contributed by atoms with van der Waals surface area (Å²) in [6.45, 7) is 2.32. The summed E-state index contributed by atoms with van der Waals surface area (Å²) in [5.41, 5.74) is 1.43. The van der Waals surface area contributed by atoms with E-state index in [-0.39, 0.29) is 24.5 Å². The third-order valence-corrected chi connectivity index (χ3v) is 3.95. The maximum atomic E-state index is 12.0. The number of Topliss-reactive ketones (excluding diaryl/α,β-unsaturated/α-hetero) is 1. The van der Waals surface area contributed by atoms with Crippen LogP contribution in [0.5, 0.6) is 5.75 Å². The van der Waals surface area contributed by atoms with Crippen molar-refractivity contribution in [3.8, 4) is 5.75 Å². The fourth-order valence-corrected chi connectivity index (χ4v) is 2.53. The molecule has 5 nitrogen and oxygen atoms in total. The van der Waals surface area contributed by atoms with Crippen LogP contribution in [0, 0.1) is 6.92 Å². The van der Waals surface area contributed by atoms with Crippen molar-refractivity contribution in [3.05, 3.63) is 45.9 Å². The molecule has 1 amide bonds. The molecule has 0 aliphatic rings. The molecule has 0 fully saturated rings. The smallest absolute Gasteiger partial charge is 0.220 e. The molecule has 0 bridgehead atoms. The first-order valence-corrected chi connectivity index (χ1v) is 7.81. The van der Waals surface area contributed by atoms with Gasteiger partial charge >= 0.3 is 0 Å². The van der Waals surface area contributed by atoms with Crippen molar-refractivity contribution in [2.45, 2.75) is 26.3 Å². The van der Waals surface area contributed by atoms with E-state index in [1.54, 1.807) is 42.7 Å². The first kappa shape index (κ1) is 16.2. The standard InChI is InChI=1S/C16H18N2O3S/c1-11-18-13(10-22-11)9-17-16(20)8-7-15(19)12-3-5-14(21-2)6-4-12/h3-6,10H,7-9H2,1-2H3,(H,17,20). The quantitative estimate of drug-likeness (QED) is 0.797. The van der Waals surface area contributed by atoms with Gasteiger partial charge in [-0.2, -0.15) is 0 Å². The highest BCUT2D eigenvalue weighted by atomic mass is 32.1. The van der Waals surface area contributed by atoms with Gasteiger partial charge in [0.25, 0.3) is 0 Å². The topological polar surface area (TPSA) is 68.3 Å². The fraction of sp³-hybridized carbons (Fsp3) is 0.312. The highest BCUT2D eigenvalue weighted by Gasteiger charge is 2.10. The molecule has 1 N–H and O–H groups in total. The van der Waals surface area contributed by atoms with E-state index in [2.05, 4.69) is 10.3 Å². The minimum Gasteiger partial charge on any atom is -0.497 e. The number of hydrogen-bond donors (Lipinski definition) is 1. The molecule has 0 unspecified atom stereocenters. The van der Waals surface area contributed by atoms with Gasteiger partial charge in [0.2, 0.25) is 5.91 Å². The third kappa shape index (κ3) is 4.66. The molecule has 0 radical (unpaired) electrons.